The molecule has 1 aromatic heterocycles. The Morgan fingerprint density at radius 2 is 1.76 bits per heavy atom. The third-order valence-electron chi connectivity index (χ3n) is 4.41. The first-order valence-corrected chi connectivity index (χ1v) is 9.62. The second kappa shape index (κ2) is 8.00. The third-order valence-corrected chi connectivity index (χ3v) is 4.41. The number of aliphatic carboxylic acids is 1. The van der Waals surface area contributed by atoms with Gasteiger partial charge >= 0.3 is 18.0 Å². The smallest absolute Gasteiger partial charge is 0.411 e. The largest absolute Gasteiger partial charge is 0.479 e. The number of pyridine rings is 1. The van der Waals surface area contributed by atoms with E-state index in [9.17, 15) is 19.5 Å². The van der Waals surface area contributed by atoms with E-state index in [0.717, 1.165) is 10.6 Å². The van der Waals surface area contributed by atoms with Crippen molar-refractivity contribution in [1.82, 2.24) is 9.88 Å². The average Bonchev–Trinajstić information content (AvgIpc) is 2.93. The summed E-state index contributed by atoms with van der Waals surface area (Å²) in [7, 11) is 0. The van der Waals surface area contributed by atoms with Crippen molar-refractivity contribution in [3.05, 3.63) is 30.1 Å². The van der Waals surface area contributed by atoms with Crippen LogP contribution < -0.4 is 0 Å². The number of carbonyl (C=O) groups is 3. The van der Waals surface area contributed by atoms with Crippen LogP contribution in [0.1, 0.15) is 53.7 Å². The number of amides is 1. The number of hydrogen-bond acceptors (Lipinski definition) is 6. The Labute approximate surface area is 171 Å². The Bertz CT molecular complexity index is 766. The van der Waals surface area contributed by atoms with Crippen LogP contribution in [0.15, 0.2) is 24.4 Å². The molecule has 1 saturated heterocycles. The van der Waals surface area contributed by atoms with Gasteiger partial charge in [0.25, 0.3) is 0 Å². The maximum Gasteiger partial charge on any atom is 0.411 e. The van der Waals surface area contributed by atoms with Gasteiger partial charge in [-0.05, 0) is 72.4 Å². The zero-order valence-corrected chi connectivity index (χ0v) is 17.9. The van der Waals surface area contributed by atoms with Gasteiger partial charge in [-0.2, -0.15) is 0 Å². The molecule has 1 fully saturated rings. The predicted molar refractivity (Wildman–Crippen MR) is 105 cm³/mol. The van der Waals surface area contributed by atoms with Crippen LogP contribution in [0.3, 0.4) is 0 Å². The van der Waals surface area contributed by atoms with Crippen molar-refractivity contribution in [1.29, 1.82) is 0 Å². The van der Waals surface area contributed by atoms with E-state index in [0.29, 0.717) is 6.42 Å². The van der Waals surface area contributed by atoms with Gasteiger partial charge in [-0.3, -0.25) is 9.88 Å². The van der Waals surface area contributed by atoms with E-state index in [1.54, 1.807) is 53.8 Å². The van der Waals surface area contributed by atoms with E-state index >= 15 is 0 Å². The molecule has 2 rings (SSSR count). The lowest BCUT2D eigenvalue weighted by Crippen LogP contribution is -2.60. The number of rotatable bonds is 4. The van der Waals surface area contributed by atoms with Crippen molar-refractivity contribution in [2.75, 3.05) is 6.54 Å². The standard InChI is InChI=1S/C21H30N2O6/c1-19(2,3)28-17(26)21(16(24)25)12-14(11-15-9-7-8-10-22-15)13-23(21)18(27)29-20(4,5)6/h7-10,14H,11-13H2,1-6H3,(H,24,25)/t14-,21+/m1/s1. The molecule has 0 saturated carbocycles. The number of nitrogens with zero attached hydrogens (tertiary/aromatic N) is 2. The molecule has 2 atom stereocenters. The van der Waals surface area contributed by atoms with E-state index in [1.165, 1.54) is 0 Å². The molecule has 1 N–H and O–H groups in total. The molecule has 1 aliphatic heterocycles. The number of aromatic nitrogens is 1. The van der Waals surface area contributed by atoms with Gasteiger partial charge in [0, 0.05) is 18.4 Å². The fraction of sp³-hybridized carbons (Fsp3) is 0.619. The fourth-order valence-corrected chi connectivity index (χ4v) is 3.35. The Morgan fingerprint density at radius 1 is 1.14 bits per heavy atom. The highest BCUT2D eigenvalue weighted by Crippen LogP contribution is 2.38. The summed E-state index contributed by atoms with van der Waals surface area (Å²) >= 11 is 0. The summed E-state index contributed by atoms with van der Waals surface area (Å²) in [5.41, 5.74) is -3.13. The van der Waals surface area contributed by atoms with Crippen LogP contribution in [0.5, 0.6) is 0 Å². The van der Waals surface area contributed by atoms with Crippen molar-refractivity contribution >= 4 is 18.0 Å². The monoisotopic (exact) mass is 406 g/mol. The van der Waals surface area contributed by atoms with Crippen LogP contribution in [-0.4, -0.2) is 56.3 Å². The molecule has 0 radical (unpaired) electrons. The Morgan fingerprint density at radius 3 is 2.24 bits per heavy atom. The van der Waals surface area contributed by atoms with E-state index in [1.807, 2.05) is 12.1 Å². The SMILES string of the molecule is CC(C)(C)OC(=O)N1C[C@H](Cc2ccccn2)C[C@]1(C(=O)O)C(=O)OC(C)(C)C. The lowest BCUT2D eigenvalue weighted by molar-refractivity contribution is -0.177. The molecule has 1 aliphatic rings. The molecule has 0 bridgehead atoms. The molecule has 0 unspecified atom stereocenters. The number of carbonyl (C=O) groups excluding carboxylic acids is 2. The van der Waals surface area contributed by atoms with Gasteiger partial charge in [0.15, 0.2) is 0 Å². The van der Waals surface area contributed by atoms with Crippen molar-refractivity contribution in [3.8, 4) is 0 Å². The van der Waals surface area contributed by atoms with E-state index in [2.05, 4.69) is 4.98 Å². The Hall–Kier alpha value is -2.64. The first kappa shape index (κ1) is 22.6. The number of hydrogen-bond donors (Lipinski definition) is 1. The Kier molecular flexibility index (Phi) is 6.25. The highest BCUT2D eigenvalue weighted by Gasteiger charge is 2.61. The summed E-state index contributed by atoms with van der Waals surface area (Å²) in [6.07, 6.45) is 1.15. The van der Waals surface area contributed by atoms with Gasteiger partial charge in [0.1, 0.15) is 11.2 Å². The zero-order valence-electron chi connectivity index (χ0n) is 17.9. The zero-order chi connectivity index (χ0) is 22.0. The summed E-state index contributed by atoms with van der Waals surface area (Å²) in [6.45, 7) is 10.1. The molecule has 160 valence electrons. The highest BCUT2D eigenvalue weighted by atomic mass is 16.6. The highest BCUT2D eigenvalue weighted by molar-refractivity contribution is 6.07. The molecule has 1 amide bonds. The molecule has 29 heavy (non-hydrogen) atoms. The summed E-state index contributed by atoms with van der Waals surface area (Å²) < 4.78 is 10.8. The minimum absolute atomic E-state index is 0.0526. The molecule has 1 aromatic rings. The first-order valence-electron chi connectivity index (χ1n) is 9.62. The van der Waals surface area contributed by atoms with Crippen LogP contribution in [0.2, 0.25) is 0 Å². The number of carboxylic acid groups (broad SMARTS) is 1. The van der Waals surface area contributed by atoms with Gasteiger partial charge in [-0.15, -0.1) is 0 Å². The predicted octanol–water partition coefficient (Wildman–Crippen LogP) is 3.05. The van der Waals surface area contributed by atoms with E-state index < -0.39 is 34.8 Å². The molecule has 0 spiro atoms. The van der Waals surface area contributed by atoms with Crippen molar-refractivity contribution in [2.24, 2.45) is 5.92 Å². The van der Waals surface area contributed by atoms with Crippen LogP contribution in [-0.2, 0) is 25.5 Å². The van der Waals surface area contributed by atoms with Crippen LogP contribution in [0.25, 0.3) is 0 Å². The van der Waals surface area contributed by atoms with Crippen molar-refractivity contribution < 1.29 is 29.0 Å². The number of likely N-dealkylation sites (tertiary alicyclic amines) is 1. The lowest BCUT2D eigenvalue weighted by Gasteiger charge is -2.35. The van der Waals surface area contributed by atoms with E-state index in [4.69, 9.17) is 9.47 Å². The summed E-state index contributed by atoms with van der Waals surface area (Å²) in [4.78, 5) is 43.5. The molecule has 2 heterocycles. The van der Waals surface area contributed by atoms with Gasteiger partial charge in [-0.1, -0.05) is 6.07 Å². The minimum Gasteiger partial charge on any atom is -0.479 e. The van der Waals surface area contributed by atoms with Gasteiger partial charge < -0.3 is 14.6 Å². The van der Waals surface area contributed by atoms with Crippen LogP contribution >= 0.6 is 0 Å². The van der Waals surface area contributed by atoms with Crippen LogP contribution in [0, 0.1) is 5.92 Å². The maximum absolute atomic E-state index is 13.0. The Balaban J connectivity index is 2.41. The summed E-state index contributed by atoms with van der Waals surface area (Å²) in [5, 5.41) is 10.1. The van der Waals surface area contributed by atoms with Crippen LogP contribution in [0.4, 0.5) is 4.79 Å². The molecule has 8 nitrogen and oxygen atoms in total. The number of carboxylic acids is 1. The second-order valence-electron chi connectivity index (χ2n) is 9.35. The maximum atomic E-state index is 13.0. The number of esters is 1. The second-order valence-corrected chi connectivity index (χ2v) is 9.35. The normalized spacial score (nSPS) is 22.3. The fourth-order valence-electron chi connectivity index (χ4n) is 3.35. The first-order chi connectivity index (χ1) is 13.2. The molecular formula is C21H30N2O6. The topological polar surface area (TPSA) is 106 Å². The quantitative estimate of drug-likeness (QED) is 0.605. The van der Waals surface area contributed by atoms with E-state index in [-0.39, 0.29) is 18.9 Å². The summed E-state index contributed by atoms with van der Waals surface area (Å²) in [5.74, 6) is -2.69. The third kappa shape index (κ3) is 5.46. The van der Waals surface area contributed by atoms with Crippen molar-refractivity contribution in [2.45, 2.75) is 71.1 Å². The van der Waals surface area contributed by atoms with Gasteiger partial charge in [0.05, 0.1) is 0 Å². The molecule has 0 aromatic carbocycles. The molecular weight excluding hydrogens is 376 g/mol. The lowest BCUT2D eigenvalue weighted by atomic mass is 9.89. The van der Waals surface area contributed by atoms with Crippen molar-refractivity contribution in [3.63, 3.8) is 0 Å². The van der Waals surface area contributed by atoms with Gasteiger partial charge in [-0.25, -0.2) is 14.4 Å². The molecule has 8 heteroatoms. The minimum atomic E-state index is -2.14. The number of ether oxygens (including phenoxy) is 2. The average molecular weight is 406 g/mol. The van der Waals surface area contributed by atoms with Gasteiger partial charge in [0.2, 0.25) is 5.54 Å². The summed E-state index contributed by atoms with van der Waals surface area (Å²) in [6, 6.07) is 5.45. The molecule has 0 aliphatic carbocycles.